The number of para-hydroxylation sites is 1. The van der Waals surface area contributed by atoms with Crippen LogP contribution in [0.15, 0.2) is 113 Å². The van der Waals surface area contributed by atoms with Crippen LogP contribution in [0.3, 0.4) is 0 Å². The van der Waals surface area contributed by atoms with Gasteiger partial charge in [0.1, 0.15) is 16.8 Å². The number of hydrogen-bond acceptors (Lipinski definition) is 6. The number of nitrogens with zero attached hydrogens (tertiary/aromatic N) is 3. The molecule has 0 radical (unpaired) electrons. The van der Waals surface area contributed by atoms with Crippen LogP contribution >= 0.6 is 11.8 Å². The Morgan fingerprint density at radius 3 is 2.11 bits per heavy atom. The summed E-state index contributed by atoms with van der Waals surface area (Å²) in [5.74, 6) is -1.70. The molecule has 3 aromatic carbocycles. The topological polar surface area (TPSA) is 119 Å². The van der Waals surface area contributed by atoms with Gasteiger partial charge in [-0.05, 0) is 36.2 Å². The number of aromatic amines is 1. The summed E-state index contributed by atoms with van der Waals surface area (Å²) < 4.78 is 0. The second-order valence-electron chi connectivity index (χ2n) is 10.9. The molecule has 0 bridgehead atoms. The molecule has 1 saturated heterocycles. The smallest absolute Gasteiger partial charge is 0.338 e. The molecule has 10 heteroatoms. The maximum Gasteiger partial charge on any atom is 0.338 e. The number of carboxylic acid groups (broad SMARTS) is 1. The number of pyridine rings is 1. The molecule has 1 atom stereocenters. The van der Waals surface area contributed by atoms with Gasteiger partial charge in [0.2, 0.25) is 5.91 Å². The highest BCUT2D eigenvalue weighted by atomic mass is 32.2. The Balaban J connectivity index is 1.16. The number of benzene rings is 3. The lowest BCUT2D eigenvalue weighted by atomic mass is 9.96. The third-order valence-corrected chi connectivity index (χ3v) is 9.17. The number of amides is 2. The van der Waals surface area contributed by atoms with Crippen molar-refractivity contribution in [2.45, 2.75) is 28.9 Å². The zero-order valence-electron chi connectivity index (χ0n) is 24.7. The van der Waals surface area contributed by atoms with Crippen LogP contribution in [0.25, 0.3) is 10.9 Å². The third kappa shape index (κ3) is 6.47. The van der Waals surface area contributed by atoms with E-state index in [1.54, 1.807) is 13.0 Å². The van der Waals surface area contributed by atoms with E-state index in [1.165, 1.54) is 23.4 Å². The van der Waals surface area contributed by atoms with Crippen LogP contribution in [0.1, 0.15) is 44.9 Å². The summed E-state index contributed by atoms with van der Waals surface area (Å²) in [6, 6.07) is 30.6. The van der Waals surface area contributed by atoms with Gasteiger partial charge in [-0.25, -0.2) is 9.78 Å². The van der Waals surface area contributed by atoms with Gasteiger partial charge >= 0.3 is 5.97 Å². The SMILES string of the molecule is C[C@@H](NC(=O)c1[nH]c2ccccc2c1Sc1ncccc1C(=O)O)C(=O)N1CCN(C(c2ccccc2)c2ccccc2)CC1. The molecule has 3 heterocycles. The van der Waals surface area contributed by atoms with Gasteiger partial charge in [-0.3, -0.25) is 14.5 Å². The summed E-state index contributed by atoms with van der Waals surface area (Å²) >= 11 is 1.11. The summed E-state index contributed by atoms with van der Waals surface area (Å²) in [7, 11) is 0. The zero-order chi connectivity index (χ0) is 31.3. The van der Waals surface area contributed by atoms with E-state index in [9.17, 15) is 19.5 Å². The molecule has 1 aliphatic rings. The number of H-pyrrole nitrogens is 1. The molecule has 0 saturated carbocycles. The molecule has 1 fully saturated rings. The maximum atomic E-state index is 13.6. The van der Waals surface area contributed by atoms with E-state index >= 15 is 0 Å². The van der Waals surface area contributed by atoms with Crippen LogP contribution in [0.4, 0.5) is 0 Å². The number of carboxylic acids is 1. The first kappa shape index (κ1) is 30.1. The molecule has 45 heavy (non-hydrogen) atoms. The summed E-state index contributed by atoms with van der Waals surface area (Å²) in [5.41, 5.74) is 3.43. The molecule has 0 spiro atoms. The third-order valence-electron chi connectivity index (χ3n) is 8.03. The highest BCUT2D eigenvalue weighted by Gasteiger charge is 2.31. The molecule has 1 aliphatic heterocycles. The minimum absolute atomic E-state index is 0.0450. The van der Waals surface area contributed by atoms with Crippen LogP contribution in [-0.4, -0.2) is 74.9 Å². The average Bonchev–Trinajstić information content (AvgIpc) is 3.44. The number of carbonyl (C=O) groups is 3. The number of hydrogen-bond donors (Lipinski definition) is 3. The quantitative estimate of drug-likeness (QED) is 0.200. The van der Waals surface area contributed by atoms with E-state index in [0.717, 1.165) is 22.7 Å². The molecule has 5 aromatic rings. The van der Waals surface area contributed by atoms with Crippen molar-refractivity contribution < 1.29 is 19.5 Å². The van der Waals surface area contributed by atoms with Gasteiger partial charge < -0.3 is 20.3 Å². The predicted octanol–water partition coefficient (Wildman–Crippen LogP) is 5.46. The van der Waals surface area contributed by atoms with Crippen LogP contribution in [0.5, 0.6) is 0 Å². The Kier molecular flexibility index (Phi) is 8.95. The highest BCUT2D eigenvalue weighted by molar-refractivity contribution is 7.99. The molecular weight excluding hydrogens is 586 g/mol. The molecule has 228 valence electrons. The van der Waals surface area contributed by atoms with Gasteiger partial charge in [0.05, 0.1) is 16.5 Å². The summed E-state index contributed by atoms with van der Waals surface area (Å²) in [5, 5.41) is 13.6. The Hall–Kier alpha value is -4.93. The summed E-state index contributed by atoms with van der Waals surface area (Å²) in [6.45, 7) is 4.17. The maximum absolute atomic E-state index is 13.6. The van der Waals surface area contributed by atoms with E-state index in [0.29, 0.717) is 31.1 Å². The normalized spacial score (nSPS) is 14.4. The number of aromatic carboxylic acids is 1. The predicted molar refractivity (Wildman–Crippen MR) is 173 cm³/mol. The van der Waals surface area contributed by atoms with E-state index < -0.39 is 17.9 Å². The summed E-state index contributed by atoms with van der Waals surface area (Å²) in [4.78, 5) is 51.2. The Labute approximate surface area is 265 Å². The first-order valence-electron chi connectivity index (χ1n) is 14.8. The molecule has 0 aliphatic carbocycles. The van der Waals surface area contributed by atoms with Crippen molar-refractivity contribution >= 4 is 40.4 Å². The van der Waals surface area contributed by atoms with E-state index in [-0.39, 0.29) is 28.2 Å². The largest absolute Gasteiger partial charge is 0.478 e. The van der Waals surface area contributed by atoms with Gasteiger partial charge in [-0.15, -0.1) is 0 Å². The molecule has 0 unspecified atom stereocenters. The van der Waals surface area contributed by atoms with Crippen LogP contribution in [-0.2, 0) is 4.79 Å². The lowest BCUT2D eigenvalue weighted by Gasteiger charge is -2.40. The molecule has 3 N–H and O–H groups in total. The fourth-order valence-electron chi connectivity index (χ4n) is 5.80. The van der Waals surface area contributed by atoms with Crippen molar-refractivity contribution in [1.82, 2.24) is 25.1 Å². The minimum Gasteiger partial charge on any atom is -0.478 e. The van der Waals surface area contributed by atoms with Crippen LogP contribution in [0.2, 0.25) is 0 Å². The van der Waals surface area contributed by atoms with Gasteiger partial charge in [-0.1, -0.05) is 90.6 Å². The Bertz CT molecular complexity index is 1780. The lowest BCUT2D eigenvalue weighted by molar-refractivity contribution is -0.134. The highest BCUT2D eigenvalue weighted by Crippen LogP contribution is 2.37. The van der Waals surface area contributed by atoms with Crippen molar-refractivity contribution in [1.29, 1.82) is 0 Å². The summed E-state index contributed by atoms with van der Waals surface area (Å²) in [6.07, 6.45) is 1.52. The number of piperazine rings is 1. The number of rotatable bonds is 9. The lowest BCUT2D eigenvalue weighted by Crippen LogP contribution is -2.54. The average molecular weight is 620 g/mol. The molecule has 2 aromatic heterocycles. The fourth-order valence-corrected chi connectivity index (χ4v) is 6.91. The monoisotopic (exact) mass is 619 g/mol. The van der Waals surface area contributed by atoms with Crippen molar-refractivity contribution in [2.24, 2.45) is 0 Å². The Morgan fingerprint density at radius 1 is 0.844 bits per heavy atom. The van der Waals surface area contributed by atoms with E-state index in [2.05, 4.69) is 44.5 Å². The number of fused-ring (bicyclic) bond motifs is 1. The number of nitrogens with one attached hydrogen (secondary N) is 2. The second kappa shape index (κ2) is 13.4. The van der Waals surface area contributed by atoms with Crippen molar-refractivity contribution in [2.75, 3.05) is 26.2 Å². The van der Waals surface area contributed by atoms with Gasteiger partial charge in [-0.2, -0.15) is 0 Å². The van der Waals surface area contributed by atoms with Crippen LogP contribution < -0.4 is 5.32 Å². The Morgan fingerprint density at radius 2 is 1.47 bits per heavy atom. The van der Waals surface area contributed by atoms with E-state index in [1.807, 2.05) is 65.6 Å². The van der Waals surface area contributed by atoms with Gasteiger partial charge in [0.25, 0.3) is 5.91 Å². The first-order chi connectivity index (χ1) is 21.9. The molecular formula is C35H33N5O4S. The number of carbonyl (C=O) groups excluding carboxylic acids is 2. The van der Waals surface area contributed by atoms with Gasteiger partial charge in [0, 0.05) is 43.3 Å². The molecule has 6 rings (SSSR count). The number of aromatic nitrogens is 2. The minimum atomic E-state index is -1.10. The van der Waals surface area contributed by atoms with Crippen LogP contribution in [0, 0.1) is 0 Å². The second-order valence-corrected chi connectivity index (χ2v) is 11.9. The van der Waals surface area contributed by atoms with Crippen molar-refractivity contribution in [3.8, 4) is 0 Å². The fraction of sp³-hybridized carbons (Fsp3) is 0.200. The zero-order valence-corrected chi connectivity index (χ0v) is 25.5. The van der Waals surface area contributed by atoms with Gasteiger partial charge in [0.15, 0.2) is 0 Å². The molecule has 2 amide bonds. The molecule has 9 nitrogen and oxygen atoms in total. The van der Waals surface area contributed by atoms with E-state index in [4.69, 9.17) is 0 Å². The van der Waals surface area contributed by atoms with Crippen molar-refractivity contribution in [3.63, 3.8) is 0 Å². The first-order valence-corrected chi connectivity index (χ1v) is 15.6. The van der Waals surface area contributed by atoms with Crippen molar-refractivity contribution in [3.05, 3.63) is 126 Å². The standard InChI is InChI=1S/C35H33N5O4S/c1-23(34(42)40-21-19-39(20-22-40)30(24-11-4-2-5-12-24)25-13-6-3-7-14-25)37-32(41)29-31(26-15-8-9-17-28(26)38-29)45-33-27(35(43)44)16-10-18-36-33/h2-18,23,30,38H,19-22H2,1H3,(H,37,41)(H,43,44)/t23-/m1/s1.